The van der Waals surface area contributed by atoms with Crippen LogP contribution in [0.15, 0.2) is 12.2 Å². The van der Waals surface area contributed by atoms with Crippen molar-refractivity contribution in [1.82, 2.24) is 0 Å². The van der Waals surface area contributed by atoms with E-state index in [-0.39, 0.29) is 11.9 Å². The minimum Gasteiger partial charge on any atom is -0.466 e. The maximum absolute atomic E-state index is 11.0. The standard InChI is InChI=1S/C12H20O4/c1-3-9-15-11(13)7-5-6-8-12(14)16-10-4-2/h5,7H,3-4,6,8-10H2,1-2H3/b7-5+. The first-order chi connectivity index (χ1) is 7.70. The van der Waals surface area contributed by atoms with Crippen molar-refractivity contribution in [2.24, 2.45) is 0 Å². The molecule has 4 nitrogen and oxygen atoms in total. The molecule has 0 saturated heterocycles. The molecule has 0 aromatic carbocycles. The molecule has 0 amide bonds. The average Bonchev–Trinajstić information content (AvgIpc) is 2.29. The second-order valence-corrected chi connectivity index (χ2v) is 3.33. The molecule has 0 rings (SSSR count). The van der Waals surface area contributed by atoms with Crippen LogP contribution in [0.2, 0.25) is 0 Å². The Balaban J connectivity index is 3.52. The molecule has 0 atom stereocenters. The third-order valence-corrected chi connectivity index (χ3v) is 1.68. The number of hydrogen-bond acceptors (Lipinski definition) is 4. The first-order valence-electron chi connectivity index (χ1n) is 5.69. The molecule has 0 heterocycles. The van der Waals surface area contributed by atoms with E-state index in [0.717, 1.165) is 12.8 Å². The molecular formula is C12H20O4. The number of carbonyl (C=O) groups excluding carboxylic acids is 2. The van der Waals surface area contributed by atoms with E-state index >= 15 is 0 Å². The van der Waals surface area contributed by atoms with E-state index in [1.807, 2.05) is 13.8 Å². The molecule has 0 fully saturated rings. The monoisotopic (exact) mass is 228 g/mol. The van der Waals surface area contributed by atoms with Crippen LogP contribution in [0.1, 0.15) is 39.5 Å². The molecule has 0 aliphatic rings. The van der Waals surface area contributed by atoms with Crippen LogP contribution in [0.25, 0.3) is 0 Å². The van der Waals surface area contributed by atoms with Crippen molar-refractivity contribution in [3.05, 3.63) is 12.2 Å². The maximum atomic E-state index is 11.0. The van der Waals surface area contributed by atoms with Gasteiger partial charge in [-0.1, -0.05) is 19.9 Å². The zero-order valence-corrected chi connectivity index (χ0v) is 10.0. The lowest BCUT2D eigenvalue weighted by molar-refractivity contribution is -0.143. The van der Waals surface area contributed by atoms with Crippen LogP contribution in [0.5, 0.6) is 0 Å². The third-order valence-electron chi connectivity index (χ3n) is 1.68. The molecule has 0 aromatic rings. The fourth-order valence-electron chi connectivity index (χ4n) is 0.920. The number of carbonyl (C=O) groups is 2. The van der Waals surface area contributed by atoms with E-state index in [4.69, 9.17) is 9.47 Å². The first-order valence-corrected chi connectivity index (χ1v) is 5.69. The number of esters is 2. The van der Waals surface area contributed by atoms with Gasteiger partial charge in [-0.25, -0.2) is 4.79 Å². The average molecular weight is 228 g/mol. The van der Waals surface area contributed by atoms with E-state index in [0.29, 0.717) is 26.1 Å². The largest absolute Gasteiger partial charge is 0.466 e. The second-order valence-electron chi connectivity index (χ2n) is 3.33. The van der Waals surface area contributed by atoms with Crippen molar-refractivity contribution >= 4 is 11.9 Å². The van der Waals surface area contributed by atoms with Crippen molar-refractivity contribution < 1.29 is 19.1 Å². The van der Waals surface area contributed by atoms with Gasteiger partial charge in [0, 0.05) is 12.5 Å². The van der Waals surface area contributed by atoms with Gasteiger partial charge in [0.1, 0.15) is 0 Å². The van der Waals surface area contributed by atoms with Gasteiger partial charge in [-0.2, -0.15) is 0 Å². The van der Waals surface area contributed by atoms with E-state index in [2.05, 4.69) is 0 Å². The van der Waals surface area contributed by atoms with Crippen LogP contribution >= 0.6 is 0 Å². The molecule has 0 bridgehead atoms. The van der Waals surface area contributed by atoms with E-state index in [1.54, 1.807) is 6.08 Å². The lowest BCUT2D eigenvalue weighted by Gasteiger charge is -2.00. The highest BCUT2D eigenvalue weighted by Gasteiger charge is 2.00. The zero-order valence-electron chi connectivity index (χ0n) is 10.0. The molecule has 0 aliphatic carbocycles. The van der Waals surface area contributed by atoms with Gasteiger partial charge in [-0.05, 0) is 19.3 Å². The Morgan fingerprint density at radius 3 is 2.31 bits per heavy atom. The minimum absolute atomic E-state index is 0.228. The Kier molecular flexibility index (Phi) is 9.36. The van der Waals surface area contributed by atoms with Gasteiger partial charge < -0.3 is 9.47 Å². The summed E-state index contributed by atoms with van der Waals surface area (Å²) in [6.45, 7) is 4.76. The second kappa shape index (κ2) is 10.2. The molecule has 0 aliphatic heterocycles. The van der Waals surface area contributed by atoms with Gasteiger partial charge in [0.2, 0.25) is 0 Å². The van der Waals surface area contributed by atoms with Crippen LogP contribution in [-0.4, -0.2) is 25.2 Å². The highest BCUT2D eigenvalue weighted by molar-refractivity contribution is 5.82. The van der Waals surface area contributed by atoms with Crippen LogP contribution in [0.4, 0.5) is 0 Å². The topological polar surface area (TPSA) is 52.6 Å². The van der Waals surface area contributed by atoms with Gasteiger partial charge >= 0.3 is 11.9 Å². The molecule has 0 spiro atoms. The quantitative estimate of drug-likeness (QED) is 0.472. The lowest BCUT2D eigenvalue weighted by atomic mass is 10.3. The van der Waals surface area contributed by atoms with Crippen molar-refractivity contribution in [2.75, 3.05) is 13.2 Å². The van der Waals surface area contributed by atoms with Crippen LogP contribution in [0.3, 0.4) is 0 Å². The Morgan fingerprint density at radius 1 is 1.06 bits per heavy atom. The Morgan fingerprint density at radius 2 is 1.69 bits per heavy atom. The van der Waals surface area contributed by atoms with Crippen molar-refractivity contribution in [1.29, 1.82) is 0 Å². The Bertz CT molecular complexity index is 233. The van der Waals surface area contributed by atoms with Gasteiger partial charge in [0.25, 0.3) is 0 Å². The third kappa shape index (κ3) is 9.24. The van der Waals surface area contributed by atoms with Crippen molar-refractivity contribution in [2.45, 2.75) is 39.5 Å². The fourth-order valence-corrected chi connectivity index (χ4v) is 0.920. The Hall–Kier alpha value is -1.32. The number of allylic oxidation sites excluding steroid dienone is 1. The molecule has 0 radical (unpaired) electrons. The molecule has 16 heavy (non-hydrogen) atoms. The van der Waals surface area contributed by atoms with E-state index < -0.39 is 0 Å². The summed E-state index contributed by atoms with van der Waals surface area (Å²) in [4.78, 5) is 22.0. The number of hydrogen-bond donors (Lipinski definition) is 0. The highest BCUT2D eigenvalue weighted by Crippen LogP contribution is 1.96. The summed E-state index contributed by atoms with van der Waals surface area (Å²) < 4.78 is 9.70. The summed E-state index contributed by atoms with van der Waals surface area (Å²) in [6, 6.07) is 0. The molecule has 92 valence electrons. The number of ether oxygens (including phenoxy) is 2. The van der Waals surface area contributed by atoms with Gasteiger partial charge in [-0.15, -0.1) is 0 Å². The predicted molar refractivity (Wildman–Crippen MR) is 60.9 cm³/mol. The molecule has 0 N–H and O–H groups in total. The normalized spacial score (nSPS) is 10.4. The van der Waals surface area contributed by atoms with Gasteiger partial charge in [0.05, 0.1) is 13.2 Å². The molecule has 0 aromatic heterocycles. The van der Waals surface area contributed by atoms with Crippen LogP contribution in [0, 0.1) is 0 Å². The summed E-state index contributed by atoms with van der Waals surface area (Å²) in [5.74, 6) is -0.586. The fraction of sp³-hybridized carbons (Fsp3) is 0.667. The molecule has 0 unspecified atom stereocenters. The molecule has 4 heteroatoms. The molecular weight excluding hydrogens is 208 g/mol. The SMILES string of the molecule is CCCOC(=O)/C=C/CCC(=O)OCCC. The smallest absolute Gasteiger partial charge is 0.330 e. The van der Waals surface area contributed by atoms with Gasteiger partial charge in [0.15, 0.2) is 0 Å². The zero-order chi connectivity index (χ0) is 12.2. The summed E-state index contributed by atoms with van der Waals surface area (Å²) in [7, 11) is 0. The van der Waals surface area contributed by atoms with E-state index in [1.165, 1.54) is 6.08 Å². The van der Waals surface area contributed by atoms with Gasteiger partial charge in [-0.3, -0.25) is 4.79 Å². The maximum Gasteiger partial charge on any atom is 0.330 e. The Labute approximate surface area is 96.6 Å². The van der Waals surface area contributed by atoms with Crippen molar-refractivity contribution in [3.63, 3.8) is 0 Å². The van der Waals surface area contributed by atoms with Crippen LogP contribution < -0.4 is 0 Å². The first kappa shape index (κ1) is 14.7. The summed E-state index contributed by atoms with van der Waals surface area (Å²) >= 11 is 0. The van der Waals surface area contributed by atoms with E-state index in [9.17, 15) is 9.59 Å². The van der Waals surface area contributed by atoms with Crippen molar-refractivity contribution in [3.8, 4) is 0 Å². The minimum atomic E-state index is -0.358. The lowest BCUT2D eigenvalue weighted by Crippen LogP contribution is -2.04. The summed E-state index contributed by atoms with van der Waals surface area (Å²) in [5, 5.41) is 0. The predicted octanol–water partition coefficient (Wildman–Crippen LogP) is 2.23. The number of rotatable bonds is 8. The highest BCUT2D eigenvalue weighted by atomic mass is 16.5. The summed E-state index contributed by atoms with van der Waals surface area (Å²) in [6.07, 6.45) is 5.42. The molecule has 0 saturated carbocycles. The summed E-state index contributed by atoms with van der Waals surface area (Å²) in [5.41, 5.74) is 0. The van der Waals surface area contributed by atoms with Crippen LogP contribution in [-0.2, 0) is 19.1 Å².